The predicted octanol–water partition coefficient (Wildman–Crippen LogP) is 1.57. The number of anilines is 1. The minimum Gasteiger partial charge on any atom is -0.393 e. The zero-order chi connectivity index (χ0) is 14.4. The van der Waals surface area contributed by atoms with E-state index in [1.165, 1.54) is 6.92 Å². The van der Waals surface area contributed by atoms with E-state index in [-0.39, 0.29) is 6.42 Å². The van der Waals surface area contributed by atoms with Crippen LogP contribution < -0.4 is 16.2 Å². The molecular formula is C12H16ClN3O3. The molecule has 0 unspecified atom stereocenters. The Morgan fingerprint density at radius 2 is 2.05 bits per heavy atom. The lowest BCUT2D eigenvalue weighted by Gasteiger charge is -2.11. The van der Waals surface area contributed by atoms with Crippen LogP contribution in [0.3, 0.4) is 0 Å². The zero-order valence-corrected chi connectivity index (χ0v) is 11.4. The number of carbonyl (C=O) groups excluding carboxylic acids is 2. The van der Waals surface area contributed by atoms with Gasteiger partial charge in [0.1, 0.15) is 0 Å². The van der Waals surface area contributed by atoms with Crippen LogP contribution in [0.15, 0.2) is 18.2 Å². The van der Waals surface area contributed by atoms with E-state index in [0.717, 1.165) is 5.56 Å². The number of aliphatic hydroxyl groups excluding tert-OH is 1. The topological polar surface area (TPSA) is 90.5 Å². The molecule has 0 aromatic heterocycles. The molecule has 0 saturated carbocycles. The average Bonchev–Trinajstić information content (AvgIpc) is 2.32. The van der Waals surface area contributed by atoms with E-state index in [2.05, 4.69) is 16.2 Å². The van der Waals surface area contributed by atoms with Crippen LogP contribution in [-0.4, -0.2) is 23.1 Å². The summed E-state index contributed by atoms with van der Waals surface area (Å²) in [4.78, 5) is 22.7. The second-order valence-electron chi connectivity index (χ2n) is 4.09. The minimum absolute atomic E-state index is 0.0868. The van der Waals surface area contributed by atoms with Crippen LogP contribution in [0.5, 0.6) is 0 Å². The maximum atomic E-state index is 11.5. The van der Waals surface area contributed by atoms with E-state index in [1.54, 1.807) is 25.1 Å². The van der Waals surface area contributed by atoms with E-state index < -0.39 is 18.0 Å². The molecule has 0 spiro atoms. The van der Waals surface area contributed by atoms with Gasteiger partial charge in [0.05, 0.1) is 12.5 Å². The van der Waals surface area contributed by atoms with Crippen molar-refractivity contribution in [2.45, 2.75) is 26.4 Å². The van der Waals surface area contributed by atoms with Crippen LogP contribution in [0, 0.1) is 6.92 Å². The third-order valence-electron chi connectivity index (χ3n) is 2.31. The van der Waals surface area contributed by atoms with E-state index in [9.17, 15) is 9.59 Å². The largest absolute Gasteiger partial charge is 0.393 e. The molecular weight excluding hydrogens is 270 g/mol. The van der Waals surface area contributed by atoms with Crippen molar-refractivity contribution >= 4 is 29.2 Å². The number of benzene rings is 1. The number of carbonyl (C=O) groups is 2. The van der Waals surface area contributed by atoms with Gasteiger partial charge in [-0.2, -0.15) is 0 Å². The fourth-order valence-electron chi connectivity index (χ4n) is 1.34. The van der Waals surface area contributed by atoms with Crippen LogP contribution in [0.25, 0.3) is 0 Å². The molecule has 0 bridgehead atoms. The third-order valence-corrected chi connectivity index (χ3v) is 2.72. The molecule has 104 valence electrons. The highest BCUT2D eigenvalue weighted by Crippen LogP contribution is 2.22. The van der Waals surface area contributed by atoms with Crippen molar-refractivity contribution in [2.24, 2.45) is 0 Å². The van der Waals surface area contributed by atoms with Gasteiger partial charge in [-0.05, 0) is 31.5 Å². The van der Waals surface area contributed by atoms with E-state index in [4.69, 9.17) is 16.7 Å². The Balaban J connectivity index is 2.48. The maximum absolute atomic E-state index is 11.5. The van der Waals surface area contributed by atoms with Gasteiger partial charge in [0.2, 0.25) is 5.91 Å². The first-order chi connectivity index (χ1) is 8.90. The first-order valence-corrected chi connectivity index (χ1v) is 6.07. The average molecular weight is 286 g/mol. The number of halogens is 1. The van der Waals surface area contributed by atoms with Gasteiger partial charge < -0.3 is 10.4 Å². The molecule has 1 aromatic carbocycles. The number of hydrazine groups is 1. The number of nitrogens with one attached hydrogen (secondary N) is 3. The van der Waals surface area contributed by atoms with Gasteiger partial charge in [0, 0.05) is 10.7 Å². The van der Waals surface area contributed by atoms with Crippen molar-refractivity contribution in [3.8, 4) is 0 Å². The normalized spacial score (nSPS) is 11.6. The fraction of sp³-hybridized carbons (Fsp3) is 0.333. The van der Waals surface area contributed by atoms with Crippen molar-refractivity contribution in [3.05, 3.63) is 28.8 Å². The Labute approximate surface area is 116 Å². The Morgan fingerprint density at radius 3 is 2.68 bits per heavy atom. The lowest BCUT2D eigenvalue weighted by molar-refractivity contribution is -0.123. The number of hydrogen-bond acceptors (Lipinski definition) is 3. The van der Waals surface area contributed by atoms with Gasteiger partial charge >= 0.3 is 6.03 Å². The smallest absolute Gasteiger partial charge is 0.337 e. The molecule has 0 fully saturated rings. The zero-order valence-electron chi connectivity index (χ0n) is 10.7. The first-order valence-electron chi connectivity index (χ1n) is 5.69. The molecule has 1 aromatic rings. The number of urea groups is 1. The van der Waals surface area contributed by atoms with Crippen LogP contribution in [0.4, 0.5) is 10.5 Å². The van der Waals surface area contributed by atoms with Crippen LogP contribution in [0.1, 0.15) is 18.9 Å². The van der Waals surface area contributed by atoms with E-state index in [0.29, 0.717) is 10.7 Å². The van der Waals surface area contributed by atoms with E-state index >= 15 is 0 Å². The predicted molar refractivity (Wildman–Crippen MR) is 72.8 cm³/mol. The summed E-state index contributed by atoms with van der Waals surface area (Å²) in [6, 6.07) is 4.52. The number of aliphatic hydroxyl groups is 1. The Hall–Kier alpha value is -1.79. The summed E-state index contributed by atoms with van der Waals surface area (Å²) in [5.74, 6) is -0.479. The highest BCUT2D eigenvalue weighted by atomic mass is 35.5. The SMILES string of the molecule is Cc1c(Cl)cccc1NC(=O)NNC(=O)C[C@@H](C)O. The molecule has 1 atom stereocenters. The highest BCUT2D eigenvalue weighted by molar-refractivity contribution is 6.31. The molecule has 0 aliphatic rings. The quantitative estimate of drug-likeness (QED) is 0.636. The molecule has 7 heteroatoms. The van der Waals surface area contributed by atoms with Gasteiger partial charge in [0.25, 0.3) is 0 Å². The monoisotopic (exact) mass is 285 g/mol. The molecule has 0 aliphatic carbocycles. The molecule has 0 aliphatic heterocycles. The fourth-order valence-corrected chi connectivity index (χ4v) is 1.52. The van der Waals surface area contributed by atoms with Crippen molar-refractivity contribution < 1.29 is 14.7 Å². The second kappa shape index (κ2) is 6.96. The molecule has 0 radical (unpaired) electrons. The van der Waals surface area contributed by atoms with Gasteiger partial charge in [-0.15, -0.1) is 0 Å². The number of amides is 3. The van der Waals surface area contributed by atoms with Crippen LogP contribution in [-0.2, 0) is 4.79 Å². The summed E-state index contributed by atoms with van der Waals surface area (Å²) in [5, 5.41) is 12.1. The summed E-state index contributed by atoms with van der Waals surface area (Å²) in [6.45, 7) is 3.25. The first kappa shape index (κ1) is 15.3. The molecule has 0 heterocycles. The molecule has 6 nitrogen and oxygen atoms in total. The van der Waals surface area contributed by atoms with Crippen molar-refractivity contribution in [1.82, 2.24) is 10.9 Å². The summed E-state index contributed by atoms with van der Waals surface area (Å²) >= 11 is 5.91. The van der Waals surface area contributed by atoms with Crippen LogP contribution >= 0.6 is 11.6 Å². The Bertz CT molecular complexity index is 477. The standard InChI is InChI=1S/C12H16ClN3O3/c1-7(17)6-11(18)15-16-12(19)14-10-5-3-4-9(13)8(10)2/h3-5,7,17H,6H2,1-2H3,(H,15,18)(H2,14,16,19)/t7-/m1/s1. The van der Waals surface area contributed by atoms with Crippen LogP contribution in [0.2, 0.25) is 5.02 Å². The van der Waals surface area contributed by atoms with Crippen molar-refractivity contribution in [2.75, 3.05) is 5.32 Å². The molecule has 1 rings (SSSR count). The minimum atomic E-state index is -0.764. The molecule has 4 N–H and O–H groups in total. The van der Waals surface area contributed by atoms with Gasteiger partial charge in [-0.1, -0.05) is 17.7 Å². The third kappa shape index (κ3) is 5.15. The van der Waals surface area contributed by atoms with Gasteiger partial charge in [0.15, 0.2) is 0 Å². The summed E-state index contributed by atoms with van der Waals surface area (Å²) in [5.41, 5.74) is 5.64. The number of rotatable bonds is 3. The Morgan fingerprint density at radius 1 is 1.37 bits per heavy atom. The second-order valence-corrected chi connectivity index (χ2v) is 4.50. The summed E-state index contributed by atoms with van der Waals surface area (Å²) < 4.78 is 0. The molecule has 3 amide bonds. The van der Waals surface area contributed by atoms with Gasteiger partial charge in [-0.3, -0.25) is 10.2 Å². The lowest BCUT2D eigenvalue weighted by Crippen LogP contribution is -2.44. The summed E-state index contributed by atoms with van der Waals surface area (Å²) in [7, 11) is 0. The maximum Gasteiger partial charge on any atom is 0.337 e. The van der Waals surface area contributed by atoms with Crippen molar-refractivity contribution in [3.63, 3.8) is 0 Å². The number of hydrogen-bond donors (Lipinski definition) is 4. The van der Waals surface area contributed by atoms with Crippen molar-refractivity contribution in [1.29, 1.82) is 0 Å². The molecule has 19 heavy (non-hydrogen) atoms. The molecule has 0 saturated heterocycles. The van der Waals surface area contributed by atoms with E-state index in [1.807, 2.05) is 0 Å². The van der Waals surface area contributed by atoms with Gasteiger partial charge in [-0.25, -0.2) is 10.2 Å². The highest BCUT2D eigenvalue weighted by Gasteiger charge is 2.09. The Kier molecular flexibility index (Phi) is 5.59. The summed E-state index contributed by atoms with van der Waals surface area (Å²) in [6.07, 6.45) is -0.851. The lowest BCUT2D eigenvalue weighted by atomic mass is 10.2.